The Hall–Kier alpha value is -0.340. The third-order valence-corrected chi connectivity index (χ3v) is 6.76. The minimum absolute atomic E-state index is 0.0463. The summed E-state index contributed by atoms with van der Waals surface area (Å²) in [5, 5.41) is 0.294. The molecule has 1 aliphatic heterocycles. The minimum Gasteiger partial charge on any atom is -0.398 e. The summed E-state index contributed by atoms with van der Waals surface area (Å²) < 4.78 is 32.9. The van der Waals surface area contributed by atoms with Gasteiger partial charge < -0.3 is 10.5 Å². The SMILES string of the molecule is CCN(CC1CCCO1)S(=O)(=O)c1cc(Cl)cc(N)c1Br. The van der Waals surface area contributed by atoms with E-state index in [1.807, 2.05) is 0 Å². The standard InChI is InChI=1S/C13H18BrClN2O3S/c1-2-17(8-10-4-3-5-20-10)21(18,19)12-7-9(15)6-11(16)13(12)14/h6-7,10H,2-5,8,16H2,1H3. The van der Waals surface area contributed by atoms with Crippen LogP contribution in [0.25, 0.3) is 0 Å². The fourth-order valence-corrected chi connectivity index (χ4v) is 5.06. The Balaban J connectivity index is 2.34. The normalized spacial score (nSPS) is 19.3. The van der Waals surface area contributed by atoms with Crippen LogP contribution in [-0.4, -0.2) is 38.5 Å². The van der Waals surface area contributed by atoms with E-state index in [2.05, 4.69) is 15.9 Å². The highest BCUT2D eigenvalue weighted by Gasteiger charge is 2.30. The Morgan fingerprint density at radius 2 is 2.24 bits per heavy atom. The molecule has 0 amide bonds. The first-order chi connectivity index (χ1) is 9.86. The highest BCUT2D eigenvalue weighted by Crippen LogP contribution is 2.33. The first kappa shape index (κ1) is 17.0. The van der Waals surface area contributed by atoms with E-state index in [0.29, 0.717) is 34.9 Å². The summed E-state index contributed by atoms with van der Waals surface area (Å²) >= 11 is 9.18. The average Bonchev–Trinajstić information content (AvgIpc) is 2.92. The van der Waals surface area contributed by atoms with Crippen molar-refractivity contribution in [3.8, 4) is 0 Å². The molecule has 0 saturated carbocycles. The lowest BCUT2D eigenvalue weighted by Gasteiger charge is -2.24. The van der Waals surface area contributed by atoms with Crippen molar-refractivity contribution in [2.75, 3.05) is 25.4 Å². The van der Waals surface area contributed by atoms with Crippen LogP contribution in [0.1, 0.15) is 19.8 Å². The molecule has 0 aliphatic carbocycles. The van der Waals surface area contributed by atoms with Gasteiger partial charge in [-0.15, -0.1) is 0 Å². The fourth-order valence-electron chi connectivity index (χ4n) is 2.32. The van der Waals surface area contributed by atoms with Crippen LogP contribution in [0.2, 0.25) is 5.02 Å². The topological polar surface area (TPSA) is 72.6 Å². The van der Waals surface area contributed by atoms with E-state index in [9.17, 15) is 8.42 Å². The van der Waals surface area contributed by atoms with Crippen LogP contribution in [0.3, 0.4) is 0 Å². The summed E-state index contributed by atoms with van der Waals surface area (Å²) in [5.74, 6) is 0. The molecule has 21 heavy (non-hydrogen) atoms. The number of benzene rings is 1. The number of nitrogens with zero attached hydrogens (tertiary/aromatic N) is 1. The number of anilines is 1. The largest absolute Gasteiger partial charge is 0.398 e. The zero-order chi connectivity index (χ0) is 15.6. The molecular formula is C13H18BrClN2O3S. The number of hydrogen-bond donors (Lipinski definition) is 1. The Morgan fingerprint density at radius 1 is 1.52 bits per heavy atom. The smallest absolute Gasteiger partial charge is 0.244 e. The van der Waals surface area contributed by atoms with E-state index < -0.39 is 10.0 Å². The second-order valence-electron chi connectivity index (χ2n) is 4.90. The van der Waals surface area contributed by atoms with E-state index >= 15 is 0 Å². The summed E-state index contributed by atoms with van der Waals surface area (Å²) in [7, 11) is -3.67. The average molecular weight is 398 g/mol. The molecule has 1 aromatic carbocycles. The molecule has 2 rings (SSSR count). The van der Waals surface area contributed by atoms with Crippen molar-refractivity contribution in [1.29, 1.82) is 0 Å². The van der Waals surface area contributed by atoms with Crippen molar-refractivity contribution in [2.24, 2.45) is 0 Å². The molecule has 1 aliphatic rings. The highest BCUT2D eigenvalue weighted by atomic mass is 79.9. The van der Waals surface area contributed by atoms with Crippen molar-refractivity contribution in [3.63, 3.8) is 0 Å². The molecular weight excluding hydrogens is 380 g/mol. The monoisotopic (exact) mass is 396 g/mol. The first-order valence-electron chi connectivity index (χ1n) is 6.72. The molecule has 1 atom stereocenters. The number of rotatable bonds is 5. The minimum atomic E-state index is -3.67. The van der Waals surface area contributed by atoms with E-state index in [1.165, 1.54) is 16.4 Å². The van der Waals surface area contributed by atoms with Gasteiger partial charge in [0, 0.05) is 30.4 Å². The van der Waals surface area contributed by atoms with Gasteiger partial charge in [0.15, 0.2) is 0 Å². The second kappa shape index (κ2) is 6.83. The summed E-state index contributed by atoms with van der Waals surface area (Å²) in [6.45, 7) is 3.20. The highest BCUT2D eigenvalue weighted by molar-refractivity contribution is 9.10. The molecule has 1 aromatic rings. The second-order valence-corrected chi connectivity index (χ2v) is 8.03. The third-order valence-electron chi connectivity index (χ3n) is 3.43. The zero-order valence-corrected chi connectivity index (χ0v) is 14.8. The molecule has 1 heterocycles. The van der Waals surface area contributed by atoms with Gasteiger partial charge in [-0.05, 0) is 40.9 Å². The van der Waals surface area contributed by atoms with E-state index in [1.54, 1.807) is 6.92 Å². The maximum atomic E-state index is 12.8. The molecule has 0 spiro atoms. The van der Waals surface area contributed by atoms with Gasteiger partial charge in [0.25, 0.3) is 0 Å². The van der Waals surface area contributed by atoms with Crippen molar-refractivity contribution in [3.05, 3.63) is 21.6 Å². The molecule has 0 bridgehead atoms. The zero-order valence-electron chi connectivity index (χ0n) is 11.7. The predicted octanol–water partition coefficient (Wildman–Crippen LogP) is 2.87. The first-order valence-corrected chi connectivity index (χ1v) is 9.33. The maximum absolute atomic E-state index is 12.8. The Morgan fingerprint density at radius 3 is 2.81 bits per heavy atom. The Bertz CT molecular complexity index is 618. The van der Waals surface area contributed by atoms with Crippen LogP contribution in [0.15, 0.2) is 21.5 Å². The van der Waals surface area contributed by atoms with Gasteiger partial charge in [-0.1, -0.05) is 18.5 Å². The molecule has 1 fully saturated rings. The number of likely N-dealkylation sites (N-methyl/N-ethyl adjacent to an activating group) is 1. The summed E-state index contributed by atoms with van der Waals surface area (Å²) in [4.78, 5) is 0.0901. The van der Waals surface area contributed by atoms with E-state index in [0.717, 1.165) is 12.8 Å². The van der Waals surface area contributed by atoms with Gasteiger partial charge in [0.05, 0.1) is 15.5 Å². The van der Waals surface area contributed by atoms with Gasteiger partial charge in [0.1, 0.15) is 0 Å². The number of halogens is 2. The van der Waals surface area contributed by atoms with Crippen molar-refractivity contribution in [2.45, 2.75) is 30.8 Å². The molecule has 1 saturated heterocycles. The molecule has 5 nitrogen and oxygen atoms in total. The van der Waals surface area contributed by atoms with Crippen molar-refractivity contribution >= 4 is 43.2 Å². The van der Waals surface area contributed by atoms with Crippen LogP contribution >= 0.6 is 27.5 Å². The molecule has 2 N–H and O–H groups in total. The number of ether oxygens (including phenoxy) is 1. The summed E-state index contributed by atoms with van der Waals surface area (Å²) in [6, 6.07) is 2.93. The quantitative estimate of drug-likeness (QED) is 0.775. The van der Waals surface area contributed by atoms with Crippen LogP contribution in [-0.2, 0) is 14.8 Å². The van der Waals surface area contributed by atoms with Gasteiger partial charge in [-0.2, -0.15) is 4.31 Å². The van der Waals surface area contributed by atoms with Crippen molar-refractivity contribution in [1.82, 2.24) is 4.31 Å². The number of sulfonamides is 1. The predicted molar refractivity (Wildman–Crippen MR) is 87.0 cm³/mol. The lowest BCUT2D eigenvalue weighted by Crippen LogP contribution is -2.37. The van der Waals surface area contributed by atoms with Gasteiger partial charge in [0.2, 0.25) is 10.0 Å². The summed E-state index contributed by atoms with van der Waals surface area (Å²) in [6.07, 6.45) is 1.80. The molecule has 118 valence electrons. The number of nitrogen functional groups attached to an aromatic ring is 1. The Kier molecular flexibility index (Phi) is 5.54. The van der Waals surface area contributed by atoms with E-state index in [4.69, 9.17) is 22.1 Å². The number of nitrogens with two attached hydrogens (primary N) is 1. The lowest BCUT2D eigenvalue weighted by atomic mass is 10.2. The lowest BCUT2D eigenvalue weighted by molar-refractivity contribution is 0.0946. The van der Waals surface area contributed by atoms with Gasteiger partial charge in [-0.25, -0.2) is 8.42 Å². The number of hydrogen-bond acceptors (Lipinski definition) is 4. The maximum Gasteiger partial charge on any atom is 0.244 e. The Labute approximate surface area is 138 Å². The molecule has 1 unspecified atom stereocenters. The molecule has 8 heteroatoms. The van der Waals surface area contributed by atoms with Crippen LogP contribution in [0.5, 0.6) is 0 Å². The van der Waals surface area contributed by atoms with Crippen molar-refractivity contribution < 1.29 is 13.2 Å². The summed E-state index contributed by atoms with van der Waals surface area (Å²) in [5.41, 5.74) is 6.08. The van der Waals surface area contributed by atoms with Crippen LogP contribution in [0, 0.1) is 0 Å². The molecule has 0 radical (unpaired) electrons. The van der Waals surface area contributed by atoms with E-state index in [-0.39, 0.29) is 11.0 Å². The molecule has 0 aromatic heterocycles. The van der Waals surface area contributed by atoms with Gasteiger partial charge >= 0.3 is 0 Å². The van der Waals surface area contributed by atoms with Crippen LogP contribution < -0.4 is 5.73 Å². The van der Waals surface area contributed by atoms with Gasteiger partial charge in [-0.3, -0.25) is 0 Å². The third kappa shape index (κ3) is 3.71. The van der Waals surface area contributed by atoms with Crippen LogP contribution in [0.4, 0.5) is 5.69 Å². The fraction of sp³-hybridized carbons (Fsp3) is 0.538.